The summed E-state index contributed by atoms with van der Waals surface area (Å²) in [5.74, 6) is -0.640. The average Bonchev–Trinajstić information content (AvgIpc) is 3.01. The first kappa shape index (κ1) is 16.4. The fraction of sp³-hybridized carbons (Fsp3) is 0.412. The molecule has 1 amide bonds. The van der Waals surface area contributed by atoms with Crippen molar-refractivity contribution >= 4 is 5.91 Å². The fourth-order valence-electron chi connectivity index (χ4n) is 2.88. The van der Waals surface area contributed by atoms with Crippen molar-refractivity contribution < 1.29 is 18.7 Å². The number of ether oxygens (including phenoxy) is 2. The summed E-state index contributed by atoms with van der Waals surface area (Å²) in [6, 6.07) is 4.13. The molecule has 0 aliphatic carbocycles. The molecule has 2 aromatic rings. The van der Waals surface area contributed by atoms with Crippen LogP contribution in [-0.4, -0.2) is 35.2 Å². The van der Waals surface area contributed by atoms with E-state index in [1.54, 1.807) is 18.6 Å². The molecule has 0 bridgehead atoms. The first-order valence-corrected chi connectivity index (χ1v) is 7.80. The van der Waals surface area contributed by atoms with Crippen LogP contribution in [0.1, 0.15) is 35.0 Å². The van der Waals surface area contributed by atoms with Gasteiger partial charge in [-0.1, -0.05) is 0 Å². The number of imidazole rings is 1. The topological polar surface area (TPSA) is 65.4 Å². The van der Waals surface area contributed by atoms with Gasteiger partial charge in [-0.05, 0) is 25.0 Å². The molecule has 7 heteroatoms. The molecule has 1 fully saturated rings. The summed E-state index contributed by atoms with van der Waals surface area (Å²) < 4.78 is 26.6. The number of methoxy groups -OCH3 is 1. The maximum atomic E-state index is 14.0. The van der Waals surface area contributed by atoms with Gasteiger partial charge in [0.25, 0.3) is 5.91 Å². The highest BCUT2D eigenvalue weighted by molar-refractivity contribution is 5.94. The number of amides is 1. The number of nitrogens with zero attached hydrogens (tertiary/aromatic N) is 2. The van der Waals surface area contributed by atoms with E-state index in [1.807, 2.05) is 11.6 Å². The van der Waals surface area contributed by atoms with Gasteiger partial charge in [-0.15, -0.1) is 0 Å². The van der Waals surface area contributed by atoms with E-state index in [2.05, 4.69) is 10.3 Å². The Morgan fingerprint density at radius 2 is 2.33 bits per heavy atom. The van der Waals surface area contributed by atoms with Crippen LogP contribution in [0.15, 0.2) is 30.7 Å². The molecule has 2 heterocycles. The molecule has 0 radical (unpaired) electrons. The summed E-state index contributed by atoms with van der Waals surface area (Å²) in [5, 5.41) is 2.90. The first-order chi connectivity index (χ1) is 11.6. The van der Waals surface area contributed by atoms with E-state index in [9.17, 15) is 9.18 Å². The third kappa shape index (κ3) is 3.41. The van der Waals surface area contributed by atoms with Gasteiger partial charge in [0.2, 0.25) is 0 Å². The minimum Gasteiger partial charge on any atom is -0.497 e. The number of hydrogen-bond donors (Lipinski definition) is 1. The second-order valence-electron chi connectivity index (χ2n) is 5.83. The molecule has 1 aliphatic heterocycles. The summed E-state index contributed by atoms with van der Waals surface area (Å²) in [6.45, 7) is 0.534. The van der Waals surface area contributed by atoms with E-state index in [1.165, 1.54) is 19.2 Å². The third-order valence-corrected chi connectivity index (χ3v) is 4.22. The Hall–Kier alpha value is -2.41. The highest BCUT2D eigenvalue weighted by atomic mass is 19.1. The molecule has 1 saturated heterocycles. The van der Waals surface area contributed by atoms with E-state index in [4.69, 9.17) is 9.47 Å². The van der Waals surface area contributed by atoms with Crippen molar-refractivity contribution in [3.63, 3.8) is 0 Å². The number of nitrogens with one attached hydrogen (secondary N) is 1. The zero-order valence-electron chi connectivity index (χ0n) is 13.7. The maximum absolute atomic E-state index is 14.0. The molecule has 0 unspecified atom stereocenters. The zero-order valence-corrected chi connectivity index (χ0v) is 13.7. The Bertz CT molecular complexity index is 732. The van der Waals surface area contributed by atoms with Crippen LogP contribution < -0.4 is 10.1 Å². The van der Waals surface area contributed by atoms with Crippen molar-refractivity contribution in [3.8, 4) is 5.75 Å². The molecule has 24 heavy (non-hydrogen) atoms. The van der Waals surface area contributed by atoms with Crippen LogP contribution in [0.4, 0.5) is 4.39 Å². The Morgan fingerprint density at radius 3 is 3.00 bits per heavy atom. The van der Waals surface area contributed by atoms with Gasteiger partial charge < -0.3 is 19.4 Å². The largest absolute Gasteiger partial charge is 0.497 e. The SMILES string of the molecule is COc1ccc(C(=O)N[C@@H]2CCO[C@@H](c3cncn3C)C2)c(F)c1. The number of aromatic nitrogens is 2. The molecule has 0 spiro atoms. The Labute approximate surface area is 139 Å². The number of hydrogen-bond acceptors (Lipinski definition) is 4. The molecule has 1 aromatic carbocycles. The summed E-state index contributed by atoms with van der Waals surface area (Å²) in [6.07, 6.45) is 4.67. The normalized spacial score (nSPS) is 20.6. The second kappa shape index (κ2) is 7.00. The van der Waals surface area contributed by atoms with Crippen molar-refractivity contribution in [2.75, 3.05) is 13.7 Å². The Morgan fingerprint density at radius 1 is 1.50 bits per heavy atom. The van der Waals surface area contributed by atoms with Gasteiger partial charge >= 0.3 is 0 Å². The minimum atomic E-state index is -0.595. The second-order valence-corrected chi connectivity index (χ2v) is 5.83. The monoisotopic (exact) mass is 333 g/mol. The zero-order chi connectivity index (χ0) is 17.1. The van der Waals surface area contributed by atoms with Crippen LogP contribution in [0.25, 0.3) is 0 Å². The van der Waals surface area contributed by atoms with Crippen molar-refractivity contribution in [1.29, 1.82) is 0 Å². The fourth-order valence-corrected chi connectivity index (χ4v) is 2.88. The molecule has 1 N–H and O–H groups in total. The van der Waals surface area contributed by atoms with Gasteiger partial charge in [-0.2, -0.15) is 0 Å². The van der Waals surface area contributed by atoms with E-state index in [0.717, 1.165) is 5.69 Å². The highest BCUT2D eigenvalue weighted by Gasteiger charge is 2.27. The lowest BCUT2D eigenvalue weighted by molar-refractivity contribution is -0.00303. The Balaban J connectivity index is 1.67. The van der Waals surface area contributed by atoms with E-state index >= 15 is 0 Å². The van der Waals surface area contributed by atoms with Crippen molar-refractivity contribution in [3.05, 3.63) is 47.8 Å². The predicted molar refractivity (Wildman–Crippen MR) is 85.3 cm³/mol. The van der Waals surface area contributed by atoms with Gasteiger partial charge in [0, 0.05) is 25.8 Å². The number of rotatable bonds is 4. The molecule has 2 atom stereocenters. The molecule has 1 aliphatic rings. The molecular weight excluding hydrogens is 313 g/mol. The van der Waals surface area contributed by atoms with Crippen molar-refractivity contribution in [2.24, 2.45) is 7.05 Å². The molecule has 1 aromatic heterocycles. The van der Waals surface area contributed by atoms with Crippen LogP contribution in [0, 0.1) is 5.82 Å². The van der Waals surface area contributed by atoms with Gasteiger partial charge in [0.05, 0.1) is 30.9 Å². The van der Waals surface area contributed by atoms with Crippen molar-refractivity contribution in [1.82, 2.24) is 14.9 Å². The van der Waals surface area contributed by atoms with Gasteiger partial charge in [0.1, 0.15) is 17.7 Å². The van der Waals surface area contributed by atoms with E-state index in [0.29, 0.717) is 25.2 Å². The Kier molecular flexibility index (Phi) is 4.80. The van der Waals surface area contributed by atoms with E-state index in [-0.39, 0.29) is 17.7 Å². The van der Waals surface area contributed by atoms with Gasteiger partial charge in [-0.25, -0.2) is 9.37 Å². The quantitative estimate of drug-likeness (QED) is 0.932. The minimum absolute atomic E-state index is 0.0133. The average molecular weight is 333 g/mol. The molecule has 3 rings (SSSR count). The summed E-state index contributed by atoms with van der Waals surface area (Å²) >= 11 is 0. The number of halogens is 1. The third-order valence-electron chi connectivity index (χ3n) is 4.22. The smallest absolute Gasteiger partial charge is 0.254 e. The molecular formula is C17H20FN3O3. The van der Waals surface area contributed by atoms with Crippen LogP contribution in [-0.2, 0) is 11.8 Å². The number of carbonyl (C=O) groups excluding carboxylic acids is 1. The van der Waals surface area contributed by atoms with Gasteiger partial charge in [0.15, 0.2) is 0 Å². The molecule has 6 nitrogen and oxygen atoms in total. The number of benzene rings is 1. The summed E-state index contributed by atoms with van der Waals surface area (Å²) in [5.41, 5.74) is 0.976. The maximum Gasteiger partial charge on any atom is 0.254 e. The number of carbonyl (C=O) groups is 1. The lowest BCUT2D eigenvalue weighted by Crippen LogP contribution is -2.40. The van der Waals surface area contributed by atoms with Crippen LogP contribution in [0.2, 0.25) is 0 Å². The summed E-state index contributed by atoms with van der Waals surface area (Å²) in [4.78, 5) is 16.4. The van der Waals surface area contributed by atoms with Gasteiger partial charge in [-0.3, -0.25) is 4.79 Å². The first-order valence-electron chi connectivity index (χ1n) is 7.80. The lowest BCUT2D eigenvalue weighted by Gasteiger charge is -2.30. The van der Waals surface area contributed by atoms with Crippen LogP contribution in [0.5, 0.6) is 5.75 Å². The predicted octanol–water partition coefficient (Wildman–Crippen LogP) is 2.22. The van der Waals surface area contributed by atoms with Crippen LogP contribution >= 0.6 is 0 Å². The summed E-state index contributed by atoms with van der Waals surface area (Å²) in [7, 11) is 3.36. The molecule has 128 valence electrons. The van der Waals surface area contributed by atoms with E-state index < -0.39 is 11.7 Å². The van der Waals surface area contributed by atoms with Crippen molar-refractivity contribution in [2.45, 2.75) is 25.0 Å². The highest BCUT2D eigenvalue weighted by Crippen LogP contribution is 2.28. The lowest BCUT2D eigenvalue weighted by atomic mass is 10.0. The molecule has 0 saturated carbocycles. The number of aryl methyl sites for hydroxylation is 1. The standard InChI is InChI=1S/C17H20FN3O3/c1-21-10-19-9-15(21)16-7-11(5-6-24-16)20-17(22)13-4-3-12(23-2)8-14(13)18/h3-4,8-11,16H,5-7H2,1-2H3,(H,20,22)/t11-,16-/m1/s1. The van der Waals surface area contributed by atoms with Crippen LogP contribution in [0.3, 0.4) is 0 Å².